The van der Waals surface area contributed by atoms with Gasteiger partial charge in [0.05, 0.1) is 12.2 Å². The summed E-state index contributed by atoms with van der Waals surface area (Å²) in [4.78, 5) is 14.7. The lowest BCUT2D eigenvalue weighted by molar-refractivity contribution is -0.130. The summed E-state index contributed by atoms with van der Waals surface area (Å²) in [5.74, 6) is 0.807. The monoisotopic (exact) mass is 288 g/mol. The van der Waals surface area contributed by atoms with Crippen LogP contribution < -0.4 is 5.32 Å². The first-order chi connectivity index (χ1) is 10.1. The number of hydrogen-bond acceptors (Lipinski definition) is 2. The zero-order valence-electron chi connectivity index (χ0n) is 13.5. The molecule has 2 atom stereocenters. The fourth-order valence-electron chi connectivity index (χ4n) is 3.03. The van der Waals surface area contributed by atoms with Crippen LogP contribution in [0.1, 0.15) is 45.6 Å². The number of carbonyl (C=O) groups is 1. The van der Waals surface area contributed by atoms with Gasteiger partial charge in [0.1, 0.15) is 0 Å². The van der Waals surface area contributed by atoms with E-state index in [1.165, 1.54) is 5.56 Å². The molecule has 1 amide bonds. The largest absolute Gasteiger partial charge is 0.326 e. The average molecular weight is 288 g/mol. The minimum atomic E-state index is -0.0134. The van der Waals surface area contributed by atoms with Gasteiger partial charge in [-0.15, -0.1) is 0 Å². The Hall–Kier alpha value is -1.35. The molecule has 3 nitrogen and oxygen atoms in total. The number of nitrogens with zero attached hydrogens (tertiary/aromatic N) is 1. The lowest BCUT2D eigenvalue weighted by Gasteiger charge is -2.25. The first kappa shape index (κ1) is 16.0. The summed E-state index contributed by atoms with van der Waals surface area (Å²) >= 11 is 0. The number of amides is 1. The predicted molar refractivity (Wildman–Crippen MR) is 86.9 cm³/mol. The second kappa shape index (κ2) is 7.60. The van der Waals surface area contributed by atoms with Gasteiger partial charge in [0, 0.05) is 6.54 Å². The molecule has 2 rings (SSSR count). The molecule has 1 saturated heterocycles. The Bertz CT molecular complexity index is 444. The average Bonchev–Trinajstić information content (AvgIpc) is 2.75. The third kappa shape index (κ3) is 4.31. The molecule has 1 fully saturated rings. The molecule has 21 heavy (non-hydrogen) atoms. The summed E-state index contributed by atoms with van der Waals surface area (Å²) in [6.07, 6.45) is 4.22. The van der Waals surface area contributed by atoms with Crippen LogP contribution >= 0.6 is 0 Å². The SMILES string of the molecule is CCCC1NC(CCc2ccccc2)C(=O)N1CC(C)C. The molecule has 1 aliphatic rings. The van der Waals surface area contributed by atoms with E-state index in [0.717, 1.165) is 32.2 Å². The van der Waals surface area contributed by atoms with Crippen molar-refractivity contribution in [1.29, 1.82) is 0 Å². The van der Waals surface area contributed by atoms with Crippen LogP contribution in [-0.2, 0) is 11.2 Å². The summed E-state index contributed by atoms with van der Waals surface area (Å²) in [5.41, 5.74) is 1.31. The maximum atomic E-state index is 12.6. The fourth-order valence-corrected chi connectivity index (χ4v) is 3.03. The van der Waals surface area contributed by atoms with Gasteiger partial charge in [-0.3, -0.25) is 10.1 Å². The molecule has 0 spiro atoms. The normalized spacial score (nSPS) is 22.3. The smallest absolute Gasteiger partial charge is 0.241 e. The van der Waals surface area contributed by atoms with Gasteiger partial charge >= 0.3 is 0 Å². The lowest BCUT2D eigenvalue weighted by Crippen LogP contribution is -2.39. The maximum Gasteiger partial charge on any atom is 0.241 e. The van der Waals surface area contributed by atoms with Crippen molar-refractivity contribution in [2.24, 2.45) is 5.92 Å². The van der Waals surface area contributed by atoms with Crippen molar-refractivity contribution in [1.82, 2.24) is 10.2 Å². The van der Waals surface area contributed by atoms with Gasteiger partial charge in [-0.2, -0.15) is 0 Å². The molecular formula is C18H28N2O. The number of rotatable bonds is 7. The molecule has 1 aromatic carbocycles. The molecule has 1 heterocycles. The zero-order valence-corrected chi connectivity index (χ0v) is 13.5. The second-order valence-electron chi connectivity index (χ2n) is 6.43. The molecule has 3 heteroatoms. The molecule has 0 saturated carbocycles. The van der Waals surface area contributed by atoms with E-state index < -0.39 is 0 Å². The molecule has 1 N–H and O–H groups in total. The van der Waals surface area contributed by atoms with Gasteiger partial charge in [-0.05, 0) is 30.7 Å². The Morgan fingerprint density at radius 2 is 1.90 bits per heavy atom. The van der Waals surface area contributed by atoms with E-state index in [0.29, 0.717) is 5.92 Å². The minimum Gasteiger partial charge on any atom is -0.326 e. The van der Waals surface area contributed by atoms with Crippen LogP contribution in [0.2, 0.25) is 0 Å². The maximum absolute atomic E-state index is 12.6. The van der Waals surface area contributed by atoms with E-state index in [9.17, 15) is 4.79 Å². The van der Waals surface area contributed by atoms with Crippen molar-refractivity contribution in [2.45, 2.75) is 58.7 Å². The van der Waals surface area contributed by atoms with Crippen LogP contribution in [0.25, 0.3) is 0 Å². The van der Waals surface area contributed by atoms with E-state index in [4.69, 9.17) is 0 Å². The van der Waals surface area contributed by atoms with Crippen LogP contribution in [0, 0.1) is 5.92 Å². The van der Waals surface area contributed by atoms with Crippen molar-refractivity contribution < 1.29 is 4.79 Å². The van der Waals surface area contributed by atoms with Crippen LogP contribution in [0.15, 0.2) is 30.3 Å². The molecule has 1 aromatic rings. The molecule has 0 aromatic heterocycles. The Morgan fingerprint density at radius 1 is 1.19 bits per heavy atom. The first-order valence-corrected chi connectivity index (χ1v) is 8.22. The standard InChI is InChI=1S/C18H28N2O/c1-4-8-17-19-16(18(21)20(17)13-14(2)3)12-11-15-9-6-5-7-10-15/h5-7,9-10,14,16-17,19H,4,8,11-13H2,1-3H3. The number of hydrogen-bond donors (Lipinski definition) is 1. The van der Waals surface area contributed by atoms with E-state index in [1.807, 2.05) is 6.07 Å². The Kier molecular flexibility index (Phi) is 5.80. The molecule has 1 aliphatic heterocycles. The lowest BCUT2D eigenvalue weighted by atomic mass is 10.1. The Balaban J connectivity index is 1.95. The van der Waals surface area contributed by atoms with Crippen LogP contribution in [0.3, 0.4) is 0 Å². The van der Waals surface area contributed by atoms with E-state index in [-0.39, 0.29) is 18.1 Å². The molecular weight excluding hydrogens is 260 g/mol. The minimum absolute atomic E-state index is 0.0134. The summed E-state index contributed by atoms with van der Waals surface area (Å²) in [6.45, 7) is 7.39. The quantitative estimate of drug-likeness (QED) is 0.835. The van der Waals surface area contributed by atoms with Gasteiger partial charge in [0.25, 0.3) is 0 Å². The zero-order chi connectivity index (χ0) is 15.2. The number of nitrogens with one attached hydrogen (secondary N) is 1. The summed E-state index contributed by atoms with van der Waals surface area (Å²) in [5, 5.41) is 3.54. The molecule has 2 unspecified atom stereocenters. The molecule has 0 radical (unpaired) electrons. The van der Waals surface area contributed by atoms with Crippen molar-refractivity contribution >= 4 is 5.91 Å². The highest BCUT2D eigenvalue weighted by atomic mass is 16.2. The van der Waals surface area contributed by atoms with E-state index in [1.54, 1.807) is 0 Å². The summed E-state index contributed by atoms with van der Waals surface area (Å²) in [7, 11) is 0. The predicted octanol–water partition coefficient (Wildman–Crippen LogP) is 3.20. The van der Waals surface area contributed by atoms with Crippen molar-refractivity contribution in [3.8, 4) is 0 Å². The third-order valence-electron chi connectivity index (χ3n) is 4.04. The van der Waals surface area contributed by atoms with Crippen molar-refractivity contribution in [3.05, 3.63) is 35.9 Å². The van der Waals surface area contributed by atoms with E-state index in [2.05, 4.69) is 55.3 Å². The molecule has 116 valence electrons. The van der Waals surface area contributed by atoms with Crippen LogP contribution in [0.5, 0.6) is 0 Å². The fraction of sp³-hybridized carbons (Fsp3) is 0.611. The number of carbonyl (C=O) groups excluding carboxylic acids is 1. The van der Waals surface area contributed by atoms with Crippen LogP contribution in [-0.4, -0.2) is 29.6 Å². The van der Waals surface area contributed by atoms with Crippen LogP contribution in [0.4, 0.5) is 0 Å². The van der Waals surface area contributed by atoms with Gasteiger partial charge in [0.2, 0.25) is 5.91 Å². The topological polar surface area (TPSA) is 32.3 Å². The van der Waals surface area contributed by atoms with Gasteiger partial charge < -0.3 is 4.90 Å². The third-order valence-corrected chi connectivity index (χ3v) is 4.04. The number of aryl methyl sites for hydroxylation is 1. The Morgan fingerprint density at radius 3 is 2.52 bits per heavy atom. The van der Waals surface area contributed by atoms with Crippen molar-refractivity contribution in [2.75, 3.05) is 6.54 Å². The second-order valence-corrected chi connectivity index (χ2v) is 6.43. The van der Waals surface area contributed by atoms with Crippen molar-refractivity contribution in [3.63, 3.8) is 0 Å². The molecule has 0 aliphatic carbocycles. The Labute approximate surface area is 128 Å². The summed E-state index contributed by atoms with van der Waals surface area (Å²) in [6, 6.07) is 10.4. The molecule has 0 bridgehead atoms. The van der Waals surface area contributed by atoms with Gasteiger partial charge in [-0.25, -0.2) is 0 Å². The number of benzene rings is 1. The summed E-state index contributed by atoms with van der Waals surface area (Å²) < 4.78 is 0. The highest BCUT2D eigenvalue weighted by Crippen LogP contribution is 2.20. The van der Waals surface area contributed by atoms with E-state index >= 15 is 0 Å². The highest BCUT2D eigenvalue weighted by molar-refractivity contribution is 5.84. The van der Waals surface area contributed by atoms with Gasteiger partial charge in [-0.1, -0.05) is 57.5 Å². The first-order valence-electron chi connectivity index (χ1n) is 8.22. The highest BCUT2D eigenvalue weighted by Gasteiger charge is 2.37. The van der Waals surface area contributed by atoms with Gasteiger partial charge in [0.15, 0.2) is 0 Å².